The molecule has 2 atom stereocenters. The van der Waals surface area contributed by atoms with Crippen molar-refractivity contribution in [3.8, 4) is 0 Å². The smallest absolute Gasteiger partial charge is 0.150 e. The standard InChI is InChI=1S/C15H29NO3S/c1-20(17,18)14-8-6-7-13(11-14)19-15(12-16)9-4-2-3-5-10-15/h13-14H,2-12,16H2,1H3. The van der Waals surface area contributed by atoms with Gasteiger partial charge in [-0.25, -0.2) is 8.42 Å². The fourth-order valence-corrected chi connectivity index (χ4v) is 4.85. The van der Waals surface area contributed by atoms with E-state index < -0.39 is 9.84 Å². The van der Waals surface area contributed by atoms with E-state index in [-0.39, 0.29) is 17.0 Å². The average Bonchev–Trinajstić information content (AvgIpc) is 2.64. The van der Waals surface area contributed by atoms with E-state index in [4.69, 9.17) is 10.5 Å². The van der Waals surface area contributed by atoms with E-state index in [1.807, 2.05) is 0 Å². The Hall–Kier alpha value is -0.130. The summed E-state index contributed by atoms with van der Waals surface area (Å²) < 4.78 is 29.9. The summed E-state index contributed by atoms with van der Waals surface area (Å²) in [4.78, 5) is 0. The highest BCUT2D eigenvalue weighted by Gasteiger charge is 2.36. The van der Waals surface area contributed by atoms with Gasteiger partial charge >= 0.3 is 0 Å². The molecule has 20 heavy (non-hydrogen) atoms. The normalized spacial score (nSPS) is 31.7. The summed E-state index contributed by atoms with van der Waals surface area (Å²) in [5, 5.41) is -0.221. The third-order valence-corrected chi connectivity index (χ3v) is 6.63. The highest BCUT2D eigenvalue weighted by atomic mass is 32.2. The number of ether oxygens (including phenoxy) is 1. The van der Waals surface area contributed by atoms with Crippen LogP contribution in [-0.2, 0) is 14.6 Å². The third-order valence-electron chi connectivity index (χ3n) is 4.99. The van der Waals surface area contributed by atoms with E-state index in [2.05, 4.69) is 0 Å². The third kappa shape index (κ3) is 4.18. The second-order valence-electron chi connectivity index (χ2n) is 6.66. The quantitative estimate of drug-likeness (QED) is 0.810. The SMILES string of the molecule is CS(=O)(=O)C1CCCC(OC2(CN)CCCCCC2)C1. The van der Waals surface area contributed by atoms with E-state index in [0.29, 0.717) is 13.0 Å². The van der Waals surface area contributed by atoms with Crippen LogP contribution in [0.1, 0.15) is 64.2 Å². The first-order chi connectivity index (χ1) is 9.45. The molecule has 0 amide bonds. The van der Waals surface area contributed by atoms with Crippen molar-refractivity contribution >= 4 is 9.84 Å². The number of rotatable bonds is 4. The first kappa shape index (κ1) is 16.2. The van der Waals surface area contributed by atoms with Gasteiger partial charge in [-0.2, -0.15) is 0 Å². The summed E-state index contributed by atoms with van der Waals surface area (Å²) >= 11 is 0. The lowest BCUT2D eigenvalue weighted by Gasteiger charge is -2.38. The highest BCUT2D eigenvalue weighted by molar-refractivity contribution is 7.91. The van der Waals surface area contributed by atoms with Crippen LogP contribution < -0.4 is 5.73 Å². The molecule has 0 aliphatic heterocycles. The fraction of sp³-hybridized carbons (Fsp3) is 1.00. The first-order valence-corrected chi connectivity index (χ1v) is 9.97. The molecule has 0 radical (unpaired) electrons. The van der Waals surface area contributed by atoms with Gasteiger partial charge in [0, 0.05) is 12.8 Å². The molecule has 2 rings (SSSR count). The lowest BCUT2D eigenvalue weighted by molar-refractivity contribution is -0.107. The van der Waals surface area contributed by atoms with Gasteiger partial charge in [-0.05, 0) is 38.5 Å². The van der Waals surface area contributed by atoms with Crippen LogP contribution in [0.5, 0.6) is 0 Å². The zero-order valence-corrected chi connectivity index (χ0v) is 13.5. The van der Waals surface area contributed by atoms with Crippen LogP contribution in [0.15, 0.2) is 0 Å². The number of hydrogen-bond donors (Lipinski definition) is 1. The van der Waals surface area contributed by atoms with Crippen molar-refractivity contribution < 1.29 is 13.2 Å². The summed E-state index contributed by atoms with van der Waals surface area (Å²) in [6.45, 7) is 0.563. The lowest BCUT2D eigenvalue weighted by atomic mass is 9.91. The van der Waals surface area contributed by atoms with E-state index in [9.17, 15) is 8.42 Å². The van der Waals surface area contributed by atoms with Crippen molar-refractivity contribution in [3.63, 3.8) is 0 Å². The van der Waals surface area contributed by atoms with Crippen LogP contribution in [0.3, 0.4) is 0 Å². The molecule has 118 valence electrons. The summed E-state index contributed by atoms with van der Waals surface area (Å²) in [7, 11) is -2.94. The molecular formula is C15H29NO3S. The molecule has 2 aliphatic carbocycles. The molecule has 0 heterocycles. The predicted molar refractivity (Wildman–Crippen MR) is 81.5 cm³/mol. The maximum absolute atomic E-state index is 11.7. The van der Waals surface area contributed by atoms with Crippen molar-refractivity contribution in [3.05, 3.63) is 0 Å². The first-order valence-electron chi connectivity index (χ1n) is 8.02. The van der Waals surface area contributed by atoms with Crippen molar-refractivity contribution in [1.82, 2.24) is 0 Å². The average molecular weight is 303 g/mol. The summed E-state index contributed by atoms with van der Waals surface area (Å²) in [6.07, 6.45) is 11.7. The number of sulfone groups is 1. The molecule has 0 saturated heterocycles. The Kier molecular flexibility index (Phi) is 5.49. The second-order valence-corrected chi connectivity index (χ2v) is 8.99. The van der Waals surface area contributed by atoms with Crippen LogP contribution in [-0.4, -0.2) is 38.2 Å². The second kappa shape index (κ2) is 6.75. The summed E-state index contributed by atoms with van der Waals surface area (Å²) in [5.41, 5.74) is 5.81. The molecule has 2 N–H and O–H groups in total. The molecule has 2 aliphatic rings. The predicted octanol–water partition coefficient (Wildman–Crippen LogP) is 2.41. The Bertz CT molecular complexity index is 399. The van der Waals surface area contributed by atoms with Crippen LogP contribution in [0.4, 0.5) is 0 Å². The lowest BCUT2D eigenvalue weighted by Crippen LogP contribution is -2.45. The Labute approximate surface area is 123 Å². The molecule has 5 heteroatoms. The molecule has 0 aromatic carbocycles. The molecule has 4 nitrogen and oxygen atoms in total. The minimum atomic E-state index is -2.94. The molecular weight excluding hydrogens is 274 g/mol. The Morgan fingerprint density at radius 3 is 2.30 bits per heavy atom. The van der Waals surface area contributed by atoms with Crippen molar-refractivity contribution in [2.75, 3.05) is 12.8 Å². The van der Waals surface area contributed by atoms with Gasteiger partial charge in [0.05, 0.1) is 17.0 Å². The number of nitrogens with two attached hydrogens (primary N) is 1. The Morgan fingerprint density at radius 2 is 1.75 bits per heavy atom. The van der Waals surface area contributed by atoms with Gasteiger partial charge in [0.2, 0.25) is 0 Å². The van der Waals surface area contributed by atoms with Gasteiger partial charge in [-0.3, -0.25) is 0 Å². The van der Waals surface area contributed by atoms with Crippen molar-refractivity contribution in [1.29, 1.82) is 0 Å². The van der Waals surface area contributed by atoms with Gasteiger partial charge < -0.3 is 10.5 Å². The van der Waals surface area contributed by atoms with Gasteiger partial charge in [0.1, 0.15) is 9.84 Å². The van der Waals surface area contributed by atoms with Crippen LogP contribution in [0, 0.1) is 0 Å². The van der Waals surface area contributed by atoms with E-state index in [1.165, 1.54) is 31.9 Å². The number of hydrogen-bond acceptors (Lipinski definition) is 4. The van der Waals surface area contributed by atoms with Gasteiger partial charge in [-0.15, -0.1) is 0 Å². The minimum Gasteiger partial charge on any atom is -0.370 e. The van der Waals surface area contributed by atoms with E-state index >= 15 is 0 Å². The zero-order valence-electron chi connectivity index (χ0n) is 12.6. The van der Waals surface area contributed by atoms with Crippen LogP contribution >= 0.6 is 0 Å². The topological polar surface area (TPSA) is 69.4 Å². The van der Waals surface area contributed by atoms with Crippen LogP contribution in [0.2, 0.25) is 0 Å². The van der Waals surface area contributed by atoms with Crippen LogP contribution in [0.25, 0.3) is 0 Å². The molecule has 2 fully saturated rings. The summed E-state index contributed by atoms with van der Waals surface area (Å²) in [6, 6.07) is 0. The molecule has 0 aromatic heterocycles. The maximum Gasteiger partial charge on any atom is 0.150 e. The highest BCUT2D eigenvalue weighted by Crippen LogP contribution is 2.35. The summed E-state index contributed by atoms with van der Waals surface area (Å²) in [5.74, 6) is 0. The fourth-order valence-electron chi connectivity index (χ4n) is 3.69. The largest absolute Gasteiger partial charge is 0.370 e. The molecule has 2 saturated carbocycles. The minimum absolute atomic E-state index is 0.0742. The molecule has 0 bridgehead atoms. The zero-order chi connectivity index (χ0) is 14.6. The van der Waals surface area contributed by atoms with Gasteiger partial charge in [0.25, 0.3) is 0 Å². The van der Waals surface area contributed by atoms with Crippen molar-refractivity contribution in [2.24, 2.45) is 5.73 Å². The Morgan fingerprint density at radius 1 is 1.10 bits per heavy atom. The monoisotopic (exact) mass is 303 g/mol. The van der Waals surface area contributed by atoms with Crippen molar-refractivity contribution in [2.45, 2.75) is 81.2 Å². The molecule has 2 unspecified atom stereocenters. The van der Waals surface area contributed by atoms with Gasteiger partial charge in [-0.1, -0.05) is 25.7 Å². The molecule has 0 aromatic rings. The maximum atomic E-state index is 11.7. The van der Waals surface area contributed by atoms with E-state index in [0.717, 1.165) is 32.1 Å². The Balaban J connectivity index is 1.99. The van der Waals surface area contributed by atoms with E-state index in [1.54, 1.807) is 0 Å². The van der Waals surface area contributed by atoms with Gasteiger partial charge in [0.15, 0.2) is 0 Å². The molecule has 0 spiro atoms.